The lowest BCUT2D eigenvalue weighted by atomic mass is 9.95. The average molecular weight is 296 g/mol. The van der Waals surface area contributed by atoms with Crippen molar-refractivity contribution >= 4 is 33.8 Å². The van der Waals surface area contributed by atoms with Gasteiger partial charge in [-0.1, -0.05) is 23.7 Å². The molecule has 4 heteroatoms. The molecule has 0 amide bonds. The SMILES string of the molecule is COc1ccc2c(c1)C(Cl)=C1C(=O)c3ccccc3N=C12. The van der Waals surface area contributed by atoms with Crippen LogP contribution >= 0.6 is 11.6 Å². The number of carbonyl (C=O) groups is 1. The van der Waals surface area contributed by atoms with Crippen molar-refractivity contribution in [3.63, 3.8) is 0 Å². The largest absolute Gasteiger partial charge is 0.497 e. The van der Waals surface area contributed by atoms with E-state index in [2.05, 4.69) is 4.99 Å². The average Bonchev–Trinajstić information content (AvgIpc) is 2.80. The number of methoxy groups -OCH3 is 1. The molecule has 1 heterocycles. The summed E-state index contributed by atoms with van der Waals surface area (Å²) in [6, 6.07) is 12.9. The van der Waals surface area contributed by atoms with Crippen molar-refractivity contribution in [2.24, 2.45) is 4.99 Å². The molecule has 0 spiro atoms. The normalized spacial score (nSPS) is 15.3. The quantitative estimate of drug-likeness (QED) is 0.798. The fraction of sp³-hybridized carbons (Fsp3) is 0.0588. The highest BCUT2D eigenvalue weighted by Crippen LogP contribution is 2.43. The van der Waals surface area contributed by atoms with Gasteiger partial charge in [0.25, 0.3) is 0 Å². The standard InChI is InChI=1S/C17H10ClNO2/c1-21-9-6-7-10-12(8-9)15(18)14-16(10)19-13-5-3-2-4-11(13)17(14)20/h2-8H,1H3. The van der Waals surface area contributed by atoms with Crippen molar-refractivity contribution in [2.45, 2.75) is 0 Å². The second-order valence-corrected chi connectivity index (χ2v) is 5.29. The predicted molar refractivity (Wildman–Crippen MR) is 82.7 cm³/mol. The van der Waals surface area contributed by atoms with E-state index in [0.29, 0.717) is 33.3 Å². The third kappa shape index (κ3) is 1.61. The number of para-hydroxylation sites is 1. The summed E-state index contributed by atoms with van der Waals surface area (Å²) < 4.78 is 5.22. The van der Waals surface area contributed by atoms with Crippen LogP contribution in [0.5, 0.6) is 5.75 Å². The summed E-state index contributed by atoms with van der Waals surface area (Å²) in [5, 5.41) is 0.446. The van der Waals surface area contributed by atoms with Gasteiger partial charge >= 0.3 is 0 Å². The van der Waals surface area contributed by atoms with Gasteiger partial charge in [0.1, 0.15) is 5.75 Å². The van der Waals surface area contributed by atoms with Crippen LogP contribution in [-0.4, -0.2) is 18.6 Å². The van der Waals surface area contributed by atoms with Crippen LogP contribution in [0, 0.1) is 0 Å². The number of aliphatic imine (C=N–C) groups is 1. The molecule has 1 aliphatic heterocycles. The zero-order valence-electron chi connectivity index (χ0n) is 11.2. The highest BCUT2D eigenvalue weighted by molar-refractivity contribution is 6.60. The Labute approximate surface area is 126 Å². The number of hydrogen-bond acceptors (Lipinski definition) is 3. The zero-order valence-corrected chi connectivity index (χ0v) is 11.9. The summed E-state index contributed by atoms with van der Waals surface area (Å²) >= 11 is 6.43. The minimum atomic E-state index is -0.0734. The smallest absolute Gasteiger partial charge is 0.198 e. The van der Waals surface area contributed by atoms with E-state index < -0.39 is 0 Å². The van der Waals surface area contributed by atoms with Gasteiger partial charge in [-0.3, -0.25) is 4.79 Å². The molecule has 0 radical (unpaired) electrons. The summed E-state index contributed by atoms with van der Waals surface area (Å²) in [7, 11) is 1.60. The van der Waals surface area contributed by atoms with Gasteiger partial charge in [0, 0.05) is 16.7 Å². The number of allylic oxidation sites excluding steroid dienone is 1. The van der Waals surface area contributed by atoms with E-state index in [4.69, 9.17) is 16.3 Å². The van der Waals surface area contributed by atoms with Crippen molar-refractivity contribution in [1.82, 2.24) is 0 Å². The summed E-state index contributed by atoms with van der Waals surface area (Å²) in [4.78, 5) is 17.3. The summed E-state index contributed by atoms with van der Waals surface area (Å²) in [6.07, 6.45) is 0. The van der Waals surface area contributed by atoms with Gasteiger partial charge in [0.05, 0.1) is 29.1 Å². The number of benzene rings is 2. The van der Waals surface area contributed by atoms with Crippen molar-refractivity contribution < 1.29 is 9.53 Å². The molecule has 2 aliphatic rings. The molecule has 0 aromatic heterocycles. The minimum absolute atomic E-state index is 0.0734. The van der Waals surface area contributed by atoms with Gasteiger partial charge in [0.2, 0.25) is 0 Å². The molecule has 0 saturated heterocycles. The summed E-state index contributed by atoms with van der Waals surface area (Å²) in [6.45, 7) is 0. The van der Waals surface area contributed by atoms with E-state index in [1.165, 1.54) is 0 Å². The molecule has 21 heavy (non-hydrogen) atoms. The molecule has 102 valence electrons. The van der Waals surface area contributed by atoms with Crippen LogP contribution in [0.4, 0.5) is 5.69 Å². The van der Waals surface area contributed by atoms with Crippen LogP contribution in [-0.2, 0) is 0 Å². The number of ether oxygens (including phenoxy) is 1. The van der Waals surface area contributed by atoms with Crippen LogP contribution in [0.1, 0.15) is 21.5 Å². The third-order valence-corrected chi connectivity index (χ3v) is 4.18. The Morgan fingerprint density at radius 1 is 1.05 bits per heavy atom. The van der Waals surface area contributed by atoms with Gasteiger partial charge in [0.15, 0.2) is 5.78 Å². The lowest BCUT2D eigenvalue weighted by Crippen LogP contribution is -2.16. The van der Waals surface area contributed by atoms with E-state index in [1.807, 2.05) is 36.4 Å². The number of nitrogens with zero attached hydrogens (tertiary/aromatic N) is 1. The van der Waals surface area contributed by atoms with Crippen LogP contribution in [0.25, 0.3) is 5.03 Å². The number of hydrogen-bond donors (Lipinski definition) is 0. The lowest BCUT2D eigenvalue weighted by molar-refractivity contribution is 0.104. The Bertz CT molecular complexity index is 865. The molecule has 2 aromatic rings. The highest BCUT2D eigenvalue weighted by Gasteiger charge is 2.35. The molecule has 0 fully saturated rings. The molecule has 0 N–H and O–H groups in total. The molecule has 3 nitrogen and oxygen atoms in total. The molecular formula is C17H10ClNO2. The van der Waals surface area contributed by atoms with E-state index in [1.54, 1.807) is 13.2 Å². The first kappa shape index (κ1) is 12.4. The maximum Gasteiger partial charge on any atom is 0.198 e. The first-order valence-corrected chi connectivity index (χ1v) is 6.90. The third-order valence-electron chi connectivity index (χ3n) is 3.78. The number of ketones is 1. The van der Waals surface area contributed by atoms with Crippen molar-refractivity contribution in [3.05, 3.63) is 64.7 Å². The van der Waals surface area contributed by atoms with E-state index in [0.717, 1.165) is 11.1 Å². The fourth-order valence-corrected chi connectivity index (χ4v) is 3.08. The molecule has 1 aliphatic carbocycles. The van der Waals surface area contributed by atoms with Crippen molar-refractivity contribution in [3.8, 4) is 5.75 Å². The second kappa shape index (κ2) is 4.30. The summed E-state index contributed by atoms with van der Waals surface area (Å²) in [5.41, 5.74) is 4.09. The van der Waals surface area contributed by atoms with Gasteiger partial charge in [-0.05, 0) is 30.3 Å². The van der Waals surface area contributed by atoms with Crippen LogP contribution in [0.3, 0.4) is 0 Å². The van der Waals surface area contributed by atoms with Crippen LogP contribution in [0.15, 0.2) is 53.0 Å². The minimum Gasteiger partial charge on any atom is -0.497 e. The maximum absolute atomic E-state index is 12.7. The van der Waals surface area contributed by atoms with E-state index >= 15 is 0 Å². The summed E-state index contributed by atoms with van der Waals surface area (Å²) in [5.74, 6) is 0.632. The van der Waals surface area contributed by atoms with Gasteiger partial charge in [-0.2, -0.15) is 0 Å². The number of carbonyl (C=O) groups excluding carboxylic acids is 1. The molecule has 0 bridgehead atoms. The van der Waals surface area contributed by atoms with Crippen LogP contribution < -0.4 is 4.74 Å². The van der Waals surface area contributed by atoms with E-state index in [-0.39, 0.29) is 5.78 Å². The number of Topliss-reactive ketones (excluding diaryl/α,β-unsaturated/α-hetero) is 1. The Kier molecular flexibility index (Phi) is 2.53. The van der Waals surface area contributed by atoms with E-state index in [9.17, 15) is 4.79 Å². The van der Waals surface area contributed by atoms with Gasteiger partial charge in [-0.25, -0.2) is 4.99 Å². The van der Waals surface area contributed by atoms with Crippen molar-refractivity contribution in [2.75, 3.05) is 7.11 Å². The molecule has 0 saturated carbocycles. The first-order valence-electron chi connectivity index (χ1n) is 6.52. The zero-order chi connectivity index (χ0) is 14.6. The monoisotopic (exact) mass is 295 g/mol. The Hall–Kier alpha value is -2.39. The predicted octanol–water partition coefficient (Wildman–Crippen LogP) is 3.98. The number of fused-ring (bicyclic) bond motifs is 4. The molecular weight excluding hydrogens is 286 g/mol. The van der Waals surface area contributed by atoms with Crippen molar-refractivity contribution in [1.29, 1.82) is 0 Å². The molecule has 2 aromatic carbocycles. The Morgan fingerprint density at radius 3 is 2.67 bits per heavy atom. The second-order valence-electron chi connectivity index (χ2n) is 4.91. The van der Waals surface area contributed by atoms with Gasteiger partial charge < -0.3 is 4.74 Å². The maximum atomic E-state index is 12.7. The first-order chi connectivity index (χ1) is 10.2. The number of halogens is 1. The molecule has 0 unspecified atom stereocenters. The highest BCUT2D eigenvalue weighted by atomic mass is 35.5. The Morgan fingerprint density at radius 2 is 1.86 bits per heavy atom. The number of rotatable bonds is 1. The molecule has 0 atom stereocenters. The fourth-order valence-electron chi connectivity index (χ4n) is 2.75. The topological polar surface area (TPSA) is 38.7 Å². The van der Waals surface area contributed by atoms with Crippen LogP contribution in [0.2, 0.25) is 0 Å². The lowest BCUT2D eigenvalue weighted by Gasteiger charge is -2.14. The Balaban J connectivity index is 2.02. The molecule has 4 rings (SSSR count). The van der Waals surface area contributed by atoms with Gasteiger partial charge in [-0.15, -0.1) is 0 Å².